The molecule has 1 aromatic rings. The quantitative estimate of drug-likeness (QED) is 0.617. The minimum atomic E-state index is -0.500. The van der Waals surface area contributed by atoms with E-state index in [4.69, 9.17) is 5.11 Å². The predicted molar refractivity (Wildman–Crippen MR) is 64.3 cm³/mol. The predicted octanol–water partition coefficient (Wildman–Crippen LogP) is 1.47. The Morgan fingerprint density at radius 1 is 1.71 bits per heavy atom. The highest BCUT2D eigenvalue weighted by Crippen LogP contribution is 2.27. The maximum absolute atomic E-state index is 11.7. The van der Waals surface area contributed by atoms with Crippen molar-refractivity contribution in [2.75, 3.05) is 6.61 Å². The molecule has 6 nitrogen and oxygen atoms in total. The normalized spacial score (nSPS) is 12.2. The van der Waals surface area contributed by atoms with E-state index in [2.05, 4.69) is 5.32 Å². The number of thiophene rings is 1. The van der Waals surface area contributed by atoms with Crippen molar-refractivity contribution >= 4 is 22.9 Å². The van der Waals surface area contributed by atoms with Crippen LogP contribution in [-0.2, 0) is 0 Å². The lowest BCUT2D eigenvalue weighted by molar-refractivity contribution is -0.385. The first-order valence-corrected chi connectivity index (χ1v) is 5.94. The maximum Gasteiger partial charge on any atom is 0.283 e. The molecule has 1 atom stereocenters. The third-order valence-electron chi connectivity index (χ3n) is 2.25. The molecule has 0 radical (unpaired) electrons. The highest BCUT2D eigenvalue weighted by atomic mass is 32.1. The lowest BCUT2D eigenvalue weighted by Crippen LogP contribution is -2.32. The van der Waals surface area contributed by atoms with Crippen molar-refractivity contribution in [1.82, 2.24) is 5.32 Å². The first kappa shape index (κ1) is 13.6. The van der Waals surface area contributed by atoms with E-state index in [1.54, 1.807) is 13.8 Å². The third kappa shape index (κ3) is 3.50. The van der Waals surface area contributed by atoms with E-state index < -0.39 is 4.92 Å². The van der Waals surface area contributed by atoms with Crippen LogP contribution in [0.25, 0.3) is 0 Å². The first-order chi connectivity index (χ1) is 7.95. The summed E-state index contributed by atoms with van der Waals surface area (Å²) in [6.07, 6.45) is 0.457. The van der Waals surface area contributed by atoms with Gasteiger partial charge in [-0.25, -0.2) is 0 Å². The van der Waals surface area contributed by atoms with Crippen molar-refractivity contribution in [3.8, 4) is 0 Å². The number of carbonyl (C=O) groups is 1. The van der Waals surface area contributed by atoms with Crippen LogP contribution in [0.15, 0.2) is 6.07 Å². The molecule has 0 saturated heterocycles. The second-order valence-corrected chi connectivity index (χ2v) is 4.95. The number of nitro groups is 1. The molecule has 0 aromatic carbocycles. The molecule has 0 bridgehead atoms. The van der Waals surface area contributed by atoms with Gasteiger partial charge in [-0.2, -0.15) is 0 Å². The van der Waals surface area contributed by atoms with Crippen LogP contribution in [0.5, 0.6) is 0 Å². The average Bonchev–Trinajstić information content (AvgIpc) is 2.60. The Hall–Kier alpha value is -1.47. The van der Waals surface area contributed by atoms with Crippen LogP contribution in [-0.4, -0.2) is 28.6 Å². The maximum atomic E-state index is 11.7. The zero-order valence-corrected chi connectivity index (χ0v) is 10.4. The van der Waals surface area contributed by atoms with E-state index in [9.17, 15) is 14.9 Å². The zero-order chi connectivity index (χ0) is 13.0. The topological polar surface area (TPSA) is 92.5 Å². The van der Waals surface area contributed by atoms with Crippen molar-refractivity contribution < 1.29 is 14.8 Å². The largest absolute Gasteiger partial charge is 0.396 e. The lowest BCUT2D eigenvalue weighted by atomic mass is 10.2. The van der Waals surface area contributed by atoms with Gasteiger partial charge >= 0.3 is 0 Å². The van der Waals surface area contributed by atoms with Crippen LogP contribution < -0.4 is 5.32 Å². The third-order valence-corrected chi connectivity index (χ3v) is 3.29. The number of carbonyl (C=O) groups excluding carboxylic acids is 1. The molecule has 0 aliphatic rings. The summed E-state index contributed by atoms with van der Waals surface area (Å²) < 4.78 is 0. The van der Waals surface area contributed by atoms with E-state index in [1.165, 1.54) is 6.07 Å². The van der Waals surface area contributed by atoms with Gasteiger partial charge in [0.25, 0.3) is 11.6 Å². The van der Waals surface area contributed by atoms with Gasteiger partial charge in [-0.05, 0) is 20.3 Å². The molecule has 0 spiro atoms. The fourth-order valence-electron chi connectivity index (χ4n) is 1.33. The van der Waals surface area contributed by atoms with Crippen LogP contribution >= 0.6 is 11.3 Å². The second kappa shape index (κ2) is 5.74. The van der Waals surface area contributed by atoms with E-state index in [-0.39, 0.29) is 24.2 Å². The van der Waals surface area contributed by atoms with Gasteiger partial charge in [0.05, 0.1) is 14.7 Å². The number of amides is 1. The summed E-state index contributed by atoms with van der Waals surface area (Å²) in [4.78, 5) is 22.7. The minimum Gasteiger partial charge on any atom is -0.396 e. The highest BCUT2D eigenvalue weighted by molar-refractivity contribution is 7.14. The number of nitrogens with zero attached hydrogens (tertiary/aromatic N) is 1. The van der Waals surface area contributed by atoms with Gasteiger partial charge in [-0.3, -0.25) is 14.9 Å². The number of rotatable bonds is 5. The molecule has 7 heteroatoms. The summed E-state index contributed by atoms with van der Waals surface area (Å²) in [6, 6.07) is 1.12. The summed E-state index contributed by atoms with van der Waals surface area (Å²) in [5, 5.41) is 22.0. The van der Waals surface area contributed by atoms with Crippen LogP contribution in [0.1, 0.15) is 27.9 Å². The number of hydrogen-bond acceptors (Lipinski definition) is 5. The SMILES string of the molecule is Cc1sc(C(=O)NC(C)CCO)cc1[N+](=O)[O-]. The van der Waals surface area contributed by atoms with Gasteiger partial charge in [0.15, 0.2) is 0 Å². The molecule has 0 aliphatic heterocycles. The molecule has 0 fully saturated rings. The van der Waals surface area contributed by atoms with Gasteiger partial charge in [0.1, 0.15) is 0 Å². The summed E-state index contributed by atoms with van der Waals surface area (Å²) in [5.74, 6) is -0.341. The second-order valence-electron chi connectivity index (χ2n) is 3.70. The molecule has 1 amide bonds. The average molecular weight is 258 g/mol. The minimum absolute atomic E-state index is 0.00887. The van der Waals surface area contributed by atoms with E-state index in [1.807, 2.05) is 0 Å². The van der Waals surface area contributed by atoms with Gasteiger partial charge < -0.3 is 10.4 Å². The molecular weight excluding hydrogens is 244 g/mol. The van der Waals surface area contributed by atoms with Gasteiger partial charge in [-0.1, -0.05) is 0 Å². The summed E-state index contributed by atoms with van der Waals surface area (Å²) in [5.41, 5.74) is -0.0324. The molecule has 2 N–H and O–H groups in total. The Labute approximate surface area is 102 Å². The number of aryl methyl sites for hydroxylation is 1. The van der Waals surface area contributed by atoms with E-state index in [0.717, 1.165) is 11.3 Å². The molecule has 94 valence electrons. The molecular formula is C10H14N2O4S. The van der Waals surface area contributed by atoms with Crippen molar-refractivity contribution in [2.45, 2.75) is 26.3 Å². The standard InChI is InChI=1S/C10H14N2O4S/c1-6(3-4-13)11-10(14)9-5-8(12(15)16)7(2)17-9/h5-6,13H,3-4H2,1-2H3,(H,11,14). The van der Waals surface area contributed by atoms with Crippen molar-refractivity contribution in [1.29, 1.82) is 0 Å². The Morgan fingerprint density at radius 3 is 2.82 bits per heavy atom. The number of nitrogens with one attached hydrogen (secondary N) is 1. The van der Waals surface area contributed by atoms with Gasteiger partial charge in [0, 0.05) is 18.7 Å². The number of aliphatic hydroxyl groups excluding tert-OH is 1. The fraction of sp³-hybridized carbons (Fsp3) is 0.500. The number of hydrogen-bond donors (Lipinski definition) is 2. The Kier molecular flexibility index (Phi) is 4.59. The van der Waals surface area contributed by atoms with E-state index >= 15 is 0 Å². The van der Waals surface area contributed by atoms with Crippen LogP contribution in [0, 0.1) is 17.0 Å². The fourth-order valence-corrected chi connectivity index (χ4v) is 2.22. The molecule has 0 saturated carbocycles. The van der Waals surface area contributed by atoms with Crippen molar-refractivity contribution in [3.05, 3.63) is 25.9 Å². The highest BCUT2D eigenvalue weighted by Gasteiger charge is 2.20. The van der Waals surface area contributed by atoms with Crippen LogP contribution in [0.4, 0.5) is 5.69 Å². The van der Waals surface area contributed by atoms with Gasteiger partial charge in [0.2, 0.25) is 0 Å². The van der Waals surface area contributed by atoms with Crippen molar-refractivity contribution in [3.63, 3.8) is 0 Å². The van der Waals surface area contributed by atoms with Gasteiger partial charge in [-0.15, -0.1) is 11.3 Å². The number of aliphatic hydroxyl groups is 1. The molecule has 1 unspecified atom stereocenters. The Balaban J connectivity index is 2.76. The monoisotopic (exact) mass is 258 g/mol. The zero-order valence-electron chi connectivity index (χ0n) is 9.60. The summed E-state index contributed by atoms with van der Waals surface area (Å²) in [6.45, 7) is 3.37. The molecule has 1 aromatic heterocycles. The molecule has 0 aliphatic carbocycles. The summed E-state index contributed by atoms with van der Waals surface area (Å²) >= 11 is 1.09. The Bertz CT molecular complexity index is 430. The van der Waals surface area contributed by atoms with Crippen LogP contribution in [0.3, 0.4) is 0 Å². The van der Waals surface area contributed by atoms with Crippen molar-refractivity contribution in [2.24, 2.45) is 0 Å². The van der Waals surface area contributed by atoms with Crippen LogP contribution in [0.2, 0.25) is 0 Å². The first-order valence-electron chi connectivity index (χ1n) is 5.12. The molecule has 17 heavy (non-hydrogen) atoms. The smallest absolute Gasteiger partial charge is 0.283 e. The molecule has 1 heterocycles. The van der Waals surface area contributed by atoms with E-state index in [0.29, 0.717) is 16.2 Å². The Morgan fingerprint density at radius 2 is 2.35 bits per heavy atom. The summed E-state index contributed by atoms with van der Waals surface area (Å²) in [7, 11) is 0. The molecule has 1 rings (SSSR count). The lowest BCUT2D eigenvalue weighted by Gasteiger charge is -2.10.